The van der Waals surface area contributed by atoms with Crippen LogP contribution in [0.4, 0.5) is 11.8 Å². The van der Waals surface area contributed by atoms with Gasteiger partial charge in [-0.25, -0.2) is 9.67 Å². The molecule has 30 heavy (non-hydrogen) atoms. The van der Waals surface area contributed by atoms with Crippen LogP contribution in [0.2, 0.25) is 5.02 Å². The average Bonchev–Trinajstić information content (AvgIpc) is 3.42. The van der Waals surface area contributed by atoms with Gasteiger partial charge in [0.1, 0.15) is 11.6 Å². The SMILES string of the molecule is COc1ccccc1-c1nc(N2CCCC2)nc2nn(-c3ccc(Cl)cc3)c(N)c12. The van der Waals surface area contributed by atoms with E-state index in [1.807, 2.05) is 48.5 Å². The quantitative estimate of drug-likeness (QED) is 0.529. The van der Waals surface area contributed by atoms with E-state index in [2.05, 4.69) is 4.90 Å². The summed E-state index contributed by atoms with van der Waals surface area (Å²) in [6, 6.07) is 15.2. The molecule has 0 saturated carbocycles. The monoisotopic (exact) mass is 420 g/mol. The van der Waals surface area contributed by atoms with Gasteiger partial charge < -0.3 is 15.4 Å². The highest BCUT2D eigenvalue weighted by Gasteiger charge is 2.24. The number of ether oxygens (including phenoxy) is 1. The molecule has 2 aromatic heterocycles. The van der Waals surface area contributed by atoms with Crippen molar-refractivity contribution in [3.8, 4) is 22.7 Å². The maximum Gasteiger partial charge on any atom is 0.228 e. The van der Waals surface area contributed by atoms with Gasteiger partial charge in [-0.2, -0.15) is 4.98 Å². The molecule has 1 aliphatic heterocycles. The van der Waals surface area contributed by atoms with E-state index in [0.717, 1.165) is 48.6 Å². The van der Waals surface area contributed by atoms with E-state index in [9.17, 15) is 0 Å². The zero-order valence-corrected chi connectivity index (χ0v) is 17.3. The molecule has 1 fully saturated rings. The predicted octanol–water partition coefficient (Wildman–Crippen LogP) is 4.33. The Hall–Kier alpha value is -3.32. The van der Waals surface area contributed by atoms with Gasteiger partial charge in [0.25, 0.3) is 0 Å². The number of fused-ring (bicyclic) bond motifs is 1. The van der Waals surface area contributed by atoms with Crippen molar-refractivity contribution in [2.75, 3.05) is 30.8 Å². The highest BCUT2D eigenvalue weighted by molar-refractivity contribution is 6.30. The third kappa shape index (κ3) is 3.11. The number of nitrogen functional groups attached to an aromatic ring is 1. The van der Waals surface area contributed by atoms with Crippen molar-refractivity contribution in [3.63, 3.8) is 0 Å². The Morgan fingerprint density at radius 1 is 1.00 bits per heavy atom. The molecule has 0 bridgehead atoms. The molecule has 1 saturated heterocycles. The average molecular weight is 421 g/mol. The van der Waals surface area contributed by atoms with Crippen LogP contribution in [0.1, 0.15) is 12.8 Å². The number of methoxy groups -OCH3 is 1. The number of para-hydroxylation sites is 1. The van der Waals surface area contributed by atoms with Crippen LogP contribution in [-0.4, -0.2) is 39.9 Å². The Labute approximate surface area is 179 Å². The molecule has 152 valence electrons. The van der Waals surface area contributed by atoms with Crippen molar-refractivity contribution >= 4 is 34.4 Å². The first-order valence-corrected chi connectivity index (χ1v) is 10.2. The smallest absolute Gasteiger partial charge is 0.228 e. The second-order valence-electron chi connectivity index (χ2n) is 7.24. The van der Waals surface area contributed by atoms with Crippen molar-refractivity contribution in [2.24, 2.45) is 0 Å². The fourth-order valence-corrected chi connectivity index (χ4v) is 4.00. The van der Waals surface area contributed by atoms with E-state index >= 15 is 0 Å². The number of nitrogens with zero attached hydrogens (tertiary/aromatic N) is 5. The van der Waals surface area contributed by atoms with Gasteiger partial charge in [-0.1, -0.05) is 23.7 Å². The summed E-state index contributed by atoms with van der Waals surface area (Å²) >= 11 is 6.05. The molecule has 2 N–H and O–H groups in total. The number of nitrogens with two attached hydrogens (primary N) is 1. The molecule has 0 atom stereocenters. The van der Waals surface area contributed by atoms with Gasteiger partial charge >= 0.3 is 0 Å². The number of anilines is 2. The van der Waals surface area contributed by atoms with Crippen molar-refractivity contribution in [1.82, 2.24) is 19.7 Å². The second kappa shape index (κ2) is 7.50. The topological polar surface area (TPSA) is 82.1 Å². The van der Waals surface area contributed by atoms with Gasteiger partial charge in [-0.15, -0.1) is 5.10 Å². The van der Waals surface area contributed by atoms with Crippen LogP contribution in [0.25, 0.3) is 28.0 Å². The van der Waals surface area contributed by atoms with Crippen molar-refractivity contribution in [2.45, 2.75) is 12.8 Å². The predicted molar refractivity (Wildman–Crippen MR) is 120 cm³/mol. The number of aromatic nitrogens is 4. The number of rotatable bonds is 4. The minimum absolute atomic E-state index is 0.473. The lowest BCUT2D eigenvalue weighted by atomic mass is 10.1. The molecule has 0 spiro atoms. The molecule has 8 heteroatoms. The molecule has 3 heterocycles. The van der Waals surface area contributed by atoms with Crippen LogP contribution in [0, 0.1) is 0 Å². The maximum atomic E-state index is 6.58. The summed E-state index contributed by atoms with van der Waals surface area (Å²) < 4.78 is 7.28. The summed E-state index contributed by atoms with van der Waals surface area (Å²) in [4.78, 5) is 11.9. The Morgan fingerprint density at radius 2 is 1.73 bits per heavy atom. The zero-order chi connectivity index (χ0) is 20.7. The van der Waals surface area contributed by atoms with Gasteiger partial charge in [0.2, 0.25) is 5.95 Å². The molecule has 2 aromatic carbocycles. The van der Waals surface area contributed by atoms with E-state index in [0.29, 0.717) is 27.8 Å². The zero-order valence-electron chi connectivity index (χ0n) is 16.5. The molecular formula is C22H21ClN6O. The highest BCUT2D eigenvalue weighted by Crippen LogP contribution is 2.37. The molecule has 5 rings (SSSR count). The van der Waals surface area contributed by atoms with Crippen LogP contribution in [0.3, 0.4) is 0 Å². The Kier molecular flexibility index (Phi) is 4.67. The number of hydrogen-bond donors (Lipinski definition) is 1. The van der Waals surface area contributed by atoms with Crippen LogP contribution in [0.15, 0.2) is 48.5 Å². The van der Waals surface area contributed by atoms with E-state index in [4.69, 9.17) is 37.1 Å². The van der Waals surface area contributed by atoms with Crippen LogP contribution in [0.5, 0.6) is 5.75 Å². The van der Waals surface area contributed by atoms with E-state index in [-0.39, 0.29) is 0 Å². The van der Waals surface area contributed by atoms with E-state index < -0.39 is 0 Å². The normalized spacial score (nSPS) is 13.9. The first-order valence-electron chi connectivity index (χ1n) is 9.86. The molecule has 0 radical (unpaired) electrons. The minimum atomic E-state index is 0.473. The summed E-state index contributed by atoms with van der Waals surface area (Å²) in [5, 5.41) is 6.07. The Bertz CT molecular complexity index is 1210. The minimum Gasteiger partial charge on any atom is -0.496 e. The summed E-state index contributed by atoms with van der Waals surface area (Å²) in [5.41, 5.74) is 9.52. The standard InChI is InChI=1S/C22H21ClN6O/c1-30-17-7-3-2-6-16(17)19-18-20(24)29(15-10-8-14(23)9-11-15)27-21(18)26-22(25-19)28-12-4-5-13-28/h2-3,6-11H,4-5,12-13,24H2,1H3. The maximum absolute atomic E-state index is 6.58. The van der Waals surface area contributed by atoms with Gasteiger partial charge in [0.15, 0.2) is 5.65 Å². The lowest BCUT2D eigenvalue weighted by Gasteiger charge is -2.17. The van der Waals surface area contributed by atoms with E-state index in [1.54, 1.807) is 11.8 Å². The van der Waals surface area contributed by atoms with Crippen LogP contribution in [-0.2, 0) is 0 Å². The molecule has 0 amide bonds. The van der Waals surface area contributed by atoms with E-state index in [1.165, 1.54) is 0 Å². The second-order valence-corrected chi connectivity index (χ2v) is 7.68. The molecular weight excluding hydrogens is 400 g/mol. The number of halogens is 1. The fourth-order valence-electron chi connectivity index (χ4n) is 3.87. The fraction of sp³-hybridized carbons (Fsp3) is 0.227. The van der Waals surface area contributed by atoms with Crippen molar-refractivity contribution in [1.29, 1.82) is 0 Å². The largest absolute Gasteiger partial charge is 0.496 e. The van der Waals surface area contributed by atoms with Crippen molar-refractivity contribution < 1.29 is 4.74 Å². The first-order chi connectivity index (χ1) is 14.7. The Morgan fingerprint density at radius 3 is 2.47 bits per heavy atom. The van der Waals surface area contributed by atoms with Gasteiger partial charge in [-0.05, 0) is 49.2 Å². The highest BCUT2D eigenvalue weighted by atomic mass is 35.5. The number of benzene rings is 2. The molecule has 0 aliphatic carbocycles. The third-order valence-electron chi connectivity index (χ3n) is 5.38. The first kappa shape index (κ1) is 18.7. The summed E-state index contributed by atoms with van der Waals surface area (Å²) in [5.74, 6) is 1.87. The summed E-state index contributed by atoms with van der Waals surface area (Å²) in [6.07, 6.45) is 2.26. The lowest BCUT2D eigenvalue weighted by Crippen LogP contribution is -2.20. The molecule has 0 unspecified atom stereocenters. The van der Waals surface area contributed by atoms with Gasteiger partial charge in [-0.3, -0.25) is 0 Å². The van der Waals surface area contributed by atoms with Gasteiger partial charge in [0.05, 0.1) is 23.9 Å². The summed E-state index contributed by atoms with van der Waals surface area (Å²) in [6.45, 7) is 1.87. The van der Waals surface area contributed by atoms with Gasteiger partial charge in [0, 0.05) is 23.7 Å². The summed E-state index contributed by atoms with van der Waals surface area (Å²) in [7, 11) is 1.65. The molecule has 7 nitrogen and oxygen atoms in total. The van der Waals surface area contributed by atoms with Crippen LogP contribution < -0.4 is 15.4 Å². The number of hydrogen-bond acceptors (Lipinski definition) is 6. The third-order valence-corrected chi connectivity index (χ3v) is 5.63. The van der Waals surface area contributed by atoms with Crippen LogP contribution >= 0.6 is 11.6 Å². The molecule has 1 aliphatic rings. The lowest BCUT2D eigenvalue weighted by molar-refractivity contribution is 0.416. The van der Waals surface area contributed by atoms with Crippen molar-refractivity contribution in [3.05, 3.63) is 53.6 Å². The Balaban J connectivity index is 1.78. The molecule has 4 aromatic rings.